The van der Waals surface area contributed by atoms with Gasteiger partial charge in [0.2, 0.25) is 0 Å². The zero-order chi connectivity index (χ0) is 9.28. The van der Waals surface area contributed by atoms with Crippen molar-refractivity contribution in [3.63, 3.8) is 0 Å². The van der Waals surface area contributed by atoms with Gasteiger partial charge in [-0.1, -0.05) is 0 Å². The monoisotopic (exact) mass is 181 g/mol. The molecule has 0 saturated carbocycles. The molecule has 0 aliphatic carbocycles. The summed E-state index contributed by atoms with van der Waals surface area (Å²) in [6.07, 6.45) is 0. The minimum absolute atomic E-state index is 0.830. The van der Waals surface area contributed by atoms with E-state index in [4.69, 9.17) is 0 Å². The van der Waals surface area contributed by atoms with E-state index in [0.717, 1.165) is 0 Å². The number of carbonyl (C=O) groups is 1. The molecule has 0 saturated heterocycles. The molecule has 0 aromatic carbocycles. The van der Waals surface area contributed by atoms with Crippen LogP contribution in [0.2, 0.25) is 0 Å². The highest BCUT2D eigenvalue weighted by molar-refractivity contribution is 8.03. The molecule has 0 spiro atoms. The second kappa shape index (κ2) is 2.78. The molecule has 0 fully saturated rings. The Morgan fingerprint density at radius 1 is 1.36 bits per heavy atom. The average molecular weight is 181 g/mol. The van der Waals surface area contributed by atoms with Crippen LogP contribution >= 0.6 is 0 Å². The summed E-state index contributed by atoms with van der Waals surface area (Å²) < 4.78 is 25.1. The van der Waals surface area contributed by atoms with E-state index in [2.05, 4.69) is 9.88 Å². The van der Waals surface area contributed by atoms with Gasteiger partial charge < -0.3 is 4.74 Å². The molecular weight excluding hydrogens is 170 g/mol. The summed E-state index contributed by atoms with van der Waals surface area (Å²) in [7, 11) is -4.20. The van der Waals surface area contributed by atoms with Gasteiger partial charge in [-0.2, -0.15) is 0 Å². The van der Waals surface area contributed by atoms with Gasteiger partial charge in [0.05, 0.1) is 0 Å². The van der Waals surface area contributed by atoms with Crippen molar-refractivity contribution in [1.29, 1.82) is 0 Å². The maximum Gasteiger partial charge on any atom is 0.440 e. The molecule has 0 aliphatic heterocycles. The number of primary sulfonamides is 1. The molecular formula is C5H11NO4S. The van der Waals surface area contributed by atoms with Crippen molar-refractivity contribution in [2.75, 3.05) is 0 Å². The molecule has 0 rings (SSSR count). The van der Waals surface area contributed by atoms with Crippen LogP contribution in [-0.4, -0.2) is 19.3 Å². The number of rotatable bonds is 0. The number of sulfonamides is 1. The molecule has 0 aliphatic rings. The Kier molecular flexibility index (Phi) is 2.63. The second-order valence-corrected chi connectivity index (χ2v) is 4.43. The van der Waals surface area contributed by atoms with Crippen LogP contribution in [0.15, 0.2) is 0 Å². The minimum atomic E-state index is -4.20. The Bertz CT molecular complexity index is 248. The molecule has 66 valence electrons. The van der Waals surface area contributed by atoms with Crippen molar-refractivity contribution >= 4 is 15.3 Å². The summed E-state index contributed by atoms with van der Waals surface area (Å²) in [5.41, 5.74) is -0.830. The number of nitrogens with two attached hydrogens (primary N) is 1. The molecule has 0 radical (unpaired) electrons. The van der Waals surface area contributed by atoms with Crippen molar-refractivity contribution in [1.82, 2.24) is 0 Å². The van der Waals surface area contributed by atoms with Gasteiger partial charge in [-0.15, -0.1) is 0 Å². The third kappa shape index (κ3) is 4.74. The van der Waals surface area contributed by atoms with E-state index in [1.165, 1.54) is 0 Å². The lowest BCUT2D eigenvalue weighted by atomic mass is 10.2. The molecule has 5 nitrogen and oxygen atoms in total. The Balaban J connectivity index is 4.35. The Morgan fingerprint density at radius 2 is 1.73 bits per heavy atom. The molecule has 0 bridgehead atoms. The van der Waals surface area contributed by atoms with Crippen LogP contribution in [0, 0.1) is 0 Å². The molecule has 0 unspecified atom stereocenters. The zero-order valence-electron chi connectivity index (χ0n) is 6.62. The fourth-order valence-electron chi connectivity index (χ4n) is 0.308. The lowest BCUT2D eigenvalue weighted by Crippen LogP contribution is -2.31. The van der Waals surface area contributed by atoms with Crippen LogP contribution in [0.3, 0.4) is 0 Å². The molecule has 0 amide bonds. The number of ether oxygens (including phenoxy) is 1. The molecule has 2 N–H and O–H groups in total. The predicted octanol–water partition coefficient (Wildman–Crippen LogP) is 0.210. The Morgan fingerprint density at radius 3 is 1.82 bits per heavy atom. The van der Waals surface area contributed by atoms with Crippen molar-refractivity contribution in [2.24, 2.45) is 5.14 Å². The fraction of sp³-hybridized carbons (Fsp3) is 0.800. The van der Waals surface area contributed by atoms with Gasteiger partial charge in [0.15, 0.2) is 0 Å². The van der Waals surface area contributed by atoms with Gasteiger partial charge in [-0.25, -0.2) is 18.4 Å². The van der Waals surface area contributed by atoms with Crippen molar-refractivity contribution in [3.8, 4) is 0 Å². The summed E-state index contributed by atoms with van der Waals surface area (Å²) in [4.78, 5) is 10.5. The fourth-order valence-corrected chi connectivity index (χ4v) is 0.674. The molecule has 0 aromatic heterocycles. The molecule has 11 heavy (non-hydrogen) atoms. The quantitative estimate of drug-likeness (QED) is 0.541. The lowest BCUT2D eigenvalue weighted by Gasteiger charge is -2.17. The maximum absolute atomic E-state index is 10.5. The van der Waals surface area contributed by atoms with Gasteiger partial charge >= 0.3 is 15.3 Å². The highest BCUT2D eigenvalue weighted by Gasteiger charge is 2.24. The molecule has 0 heterocycles. The summed E-state index contributed by atoms with van der Waals surface area (Å²) >= 11 is 0. The van der Waals surface area contributed by atoms with Crippen molar-refractivity contribution in [3.05, 3.63) is 0 Å². The zero-order valence-corrected chi connectivity index (χ0v) is 7.44. The van der Waals surface area contributed by atoms with Crippen LogP contribution in [0.4, 0.5) is 4.79 Å². The van der Waals surface area contributed by atoms with Crippen LogP contribution in [0.1, 0.15) is 20.8 Å². The summed E-state index contributed by atoms with van der Waals surface area (Å²) in [5, 5.41) is 3.09. The second-order valence-electron chi connectivity index (χ2n) is 3.01. The van der Waals surface area contributed by atoms with E-state index < -0.39 is 20.9 Å². The van der Waals surface area contributed by atoms with Gasteiger partial charge in [-0.3, -0.25) is 0 Å². The maximum atomic E-state index is 10.5. The van der Waals surface area contributed by atoms with Crippen LogP contribution in [-0.2, 0) is 14.8 Å². The summed E-state index contributed by atoms with van der Waals surface area (Å²) in [5.74, 6) is 0. The largest absolute Gasteiger partial charge is 0.447 e. The normalized spacial score (nSPS) is 12.7. The van der Waals surface area contributed by atoms with Crippen LogP contribution in [0.5, 0.6) is 0 Å². The molecule has 6 heteroatoms. The summed E-state index contributed by atoms with van der Waals surface area (Å²) in [6, 6.07) is 0. The summed E-state index contributed by atoms with van der Waals surface area (Å²) in [6.45, 7) is 4.66. The van der Waals surface area contributed by atoms with Gasteiger partial charge in [0.1, 0.15) is 5.60 Å². The van der Waals surface area contributed by atoms with Gasteiger partial charge in [-0.05, 0) is 20.8 Å². The smallest absolute Gasteiger partial charge is 0.440 e. The first kappa shape index (κ1) is 10.4. The third-order valence-corrected chi connectivity index (χ3v) is 1.17. The SMILES string of the molecule is CC(C)(C)OC(=O)S(N)(=O)=O. The first-order valence-electron chi connectivity index (χ1n) is 2.89. The Labute approximate surface area is 65.6 Å². The number of hydrogen-bond acceptors (Lipinski definition) is 4. The third-order valence-electron chi connectivity index (χ3n) is 0.622. The lowest BCUT2D eigenvalue weighted by molar-refractivity contribution is 0.0718. The predicted molar refractivity (Wildman–Crippen MR) is 39.3 cm³/mol. The first-order valence-corrected chi connectivity index (χ1v) is 4.43. The van der Waals surface area contributed by atoms with E-state index in [1.54, 1.807) is 20.8 Å². The molecule has 0 atom stereocenters. The van der Waals surface area contributed by atoms with E-state index in [0.29, 0.717) is 0 Å². The first-order chi connectivity index (χ1) is 4.63. The van der Waals surface area contributed by atoms with E-state index in [1.807, 2.05) is 0 Å². The molecule has 0 aromatic rings. The average Bonchev–Trinajstić information content (AvgIpc) is 1.56. The van der Waals surface area contributed by atoms with E-state index in [-0.39, 0.29) is 0 Å². The van der Waals surface area contributed by atoms with Crippen LogP contribution in [0.25, 0.3) is 0 Å². The highest BCUT2D eigenvalue weighted by atomic mass is 32.2. The Hall–Kier alpha value is -0.620. The van der Waals surface area contributed by atoms with Gasteiger partial charge in [0, 0.05) is 0 Å². The number of hydrogen-bond donors (Lipinski definition) is 1. The van der Waals surface area contributed by atoms with Gasteiger partial charge in [0.25, 0.3) is 0 Å². The number of carbonyl (C=O) groups excluding carboxylic acids is 1. The minimum Gasteiger partial charge on any atom is -0.447 e. The van der Waals surface area contributed by atoms with Crippen molar-refractivity contribution in [2.45, 2.75) is 26.4 Å². The van der Waals surface area contributed by atoms with E-state index >= 15 is 0 Å². The highest BCUT2D eigenvalue weighted by Crippen LogP contribution is 2.08. The van der Waals surface area contributed by atoms with Crippen molar-refractivity contribution < 1.29 is 17.9 Å². The topological polar surface area (TPSA) is 86.5 Å². The van der Waals surface area contributed by atoms with E-state index in [9.17, 15) is 13.2 Å². The standard InChI is InChI=1S/C5H11NO4S/c1-5(2,3)10-4(7)11(6,8)9/h1-3H3,(H2,6,8,9). The van der Waals surface area contributed by atoms with Crippen LogP contribution < -0.4 is 5.14 Å².